The topological polar surface area (TPSA) is 58.8 Å². The Kier molecular flexibility index (Phi) is 9.29. The standard InChI is InChI=1S/C20H22FN3O2S.HI/c1-25-18-11-15(10-16(21)12-18)13-23-20(24-14-19-5-3-9-27-19)22-7-6-17-4-2-8-26-17;/h2-5,8-12H,6-7,13-14H2,1H3,(H2,22,23,24);1H. The van der Waals surface area contributed by atoms with Gasteiger partial charge in [0.1, 0.15) is 17.3 Å². The van der Waals surface area contributed by atoms with Crippen LogP contribution in [0.15, 0.2) is 63.5 Å². The molecule has 0 spiro atoms. The molecule has 150 valence electrons. The van der Waals surface area contributed by atoms with E-state index in [9.17, 15) is 4.39 Å². The number of furan rings is 1. The third-order valence-electron chi connectivity index (χ3n) is 3.84. The Labute approximate surface area is 185 Å². The highest BCUT2D eigenvalue weighted by Crippen LogP contribution is 2.16. The molecule has 28 heavy (non-hydrogen) atoms. The zero-order valence-corrected chi connectivity index (χ0v) is 18.6. The number of ether oxygens (including phenoxy) is 1. The number of methoxy groups -OCH3 is 1. The molecule has 0 amide bonds. The van der Waals surface area contributed by atoms with Gasteiger partial charge in [-0.3, -0.25) is 0 Å². The minimum Gasteiger partial charge on any atom is -0.497 e. The molecule has 3 aromatic rings. The van der Waals surface area contributed by atoms with Gasteiger partial charge >= 0.3 is 0 Å². The summed E-state index contributed by atoms with van der Waals surface area (Å²) in [5, 5.41) is 8.64. The van der Waals surface area contributed by atoms with Crippen molar-refractivity contribution in [3.8, 4) is 5.75 Å². The molecule has 8 heteroatoms. The van der Waals surface area contributed by atoms with Gasteiger partial charge in [-0.05, 0) is 41.3 Å². The lowest BCUT2D eigenvalue weighted by Crippen LogP contribution is -2.38. The number of nitrogens with one attached hydrogen (secondary N) is 2. The summed E-state index contributed by atoms with van der Waals surface area (Å²) >= 11 is 1.68. The van der Waals surface area contributed by atoms with E-state index < -0.39 is 0 Å². The van der Waals surface area contributed by atoms with Gasteiger partial charge in [0.2, 0.25) is 0 Å². The molecule has 2 heterocycles. The van der Waals surface area contributed by atoms with Crippen LogP contribution in [0.1, 0.15) is 16.2 Å². The average molecular weight is 515 g/mol. The molecular weight excluding hydrogens is 492 g/mol. The number of rotatable bonds is 8. The lowest BCUT2D eigenvalue weighted by Gasteiger charge is -2.12. The van der Waals surface area contributed by atoms with Crippen molar-refractivity contribution in [1.82, 2.24) is 10.6 Å². The van der Waals surface area contributed by atoms with Crippen molar-refractivity contribution in [2.45, 2.75) is 19.5 Å². The second-order valence-electron chi connectivity index (χ2n) is 5.85. The molecule has 0 bridgehead atoms. The third kappa shape index (κ3) is 7.16. The number of aliphatic imine (C=N–C) groups is 1. The second-order valence-corrected chi connectivity index (χ2v) is 6.89. The Bertz CT molecular complexity index is 854. The fraction of sp³-hybridized carbons (Fsp3) is 0.250. The van der Waals surface area contributed by atoms with Crippen LogP contribution in [0.3, 0.4) is 0 Å². The van der Waals surface area contributed by atoms with Crippen molar-refractivity contribution in [3.05, 3.63) is 76.1 Å². The lowest BCUT2D eigenvalue weighted by atomic mass is 10.2. The highest BCUT2D eigenvalue weighted by Gasteiger charge is 2.04. The third-order valence-corrected chi connectivity index (χ3v) is 4.72. The van der Waals surface area contributed by atoms with Crippen LogP contribution in [-0.2, 0) is 19.5 Å². The molecule has 0 saturated heterocycles. The highest BCUT2D eigenvalue weighted by atomic mass is 127. The van der Waals surface area contributed by atoms with Crippen molar-refractivity contribution in [1.29, 1.82) is 0 Å². The van der Waals surface area contributed by atoms with E-state index in [1.165, 1.54) is 24.1 Å². The molecule has 2 N–H and O–H groups in total. The van der Waals surface area contributed by atoms with E-state index in [1.54, 1.807) is 23.7 Å². The van der Waals surface area contributed by atoms with Crippen LogP contribution < -0.4 is 15.4 Å². The molecule has 0 aliphatic rings. The molecule has 0 fully saturated rings. The molecule has 0 atom stereocenters. The molecule has 0 radical (unpaired) electrons. The average Bonchev–Trinajstić information content (AvgIpc) is 3.37. The van der Waals surface area contributed by atoms with E-state index in [-0.39, 0.29) is 29.8 Å². The molecule has 0 unspecified atom stereocenters. The quantitative estimate of drug-likeness (QED) is 0.262. The Morgan fingerprint density at radius 3 is 2.82 bits per heavy atom. The zero-order chi connectivity index (χ0) is 18.9. The minimum absolute atomic E-state index is 0. The van der Waals surface area contributed by atoms with Gasteiger partial charge in [-0.25, -0.2) is 9.38 Å². The Balaban J connectivity index is 0.00000280. The van der Waals surface area contributed by atoms with E-state index in [0.717, 1.165) is 17.7 Å². The maximum atomic E-state index is 13.7. The summed E-state index contributed by atoms with van der Waals surface area (Å²) in [5.74, 6) is 1.73. The summed E-state index contributed by atoms with van der Waals surface area (Å²) < 4.78 is 24.1. The predicted molar refractivity (Wildman–Crippen MR) is 121 cm³/mol. The first-order valence-electron chi connectivity index (χ1n) is 8.63. The molecule has 0 aliphatic heterocycles. The van der Waals surface area contributed by atoms with Crippen LogP contribution >= 0.6 is 35.3 Å². The summed E-state index contributed by atoms with van der Waals surface area (Å²) in [7, 11) is 1.52. The molecular formula is C20H23FIN3O2S. The fourth-order valence-electron chi connectivity index (χ4n) is 2.52. The normalized spacial score (nSPS) is 11.0. The summed E-state index contributed by atoms with van der Waals surface area (Å²) in [6.45, 7) is 1.70. The zero-order valence-electron chi connectivity index (χ0n) is 15.5. The first-order chi connectivity index (χ1) is 13.2. The maximum Gasteiger partial charge on any atom is 0.191 e. The van der Waals surface area contributed by atoms with Crippen LogP contribution in [-0.4, -0.2) is 19.6 Å². The monoisotopic (exact) mass is 515 g/mol. The molecule has 0 aliphatic carbocycles. The van der Waals surface area contributed by atoms with Crippen molar-refractivity contribution < 1.29 is 13.5 Å². The Morgan fingerprint density at radius 1 is 1.21 bits per heavy atom. The van der Waals surface area contributed by atoms with Gasteiger partial charge in [-0.1, -0.05) is 6.07 Å². The number of guanidine groups is 1. The SMILES string of the molecule is COc1cc(F)cc(CN=C(NCCc2ccco2)NCc2cccs2)c1.I. The van der Waals surface area contributed by atoms with Gasteiger partial charge in [0.05, 0.1) is 26.5 Å². The van der Waals surface area contributed by atoms with E-state index in [0.29, 0.717) is 31.3 Å². The van der Waals surface area contributed by atoms with Crippen molar-refractivity contribution in [2.75, 3.05) is 13.7 Å². The molecule has 3 rings (SSSR count). The van der Waals surface area contributed by atoms with Gasteiger partial charge in [0.15, 0.2) is 5.96 Å². The van der Waals surface area contributed by atoms with Crippen molar-refractivity contribution in [3.63, 3.8) is 0 Å². The molecule has 0 saturated carbocycles. The van der Waals surface area contributed by atoms with Gasteiger partial charge < -0.3 is 19.8 Å². The number of thiophene rings is 1. The summed E-state index contributed by atoms with van der Waals surface area (Å²) in [6, 6.07) is 12.5. The number of hydrogen-bond acceptors (Lipinski definition) is 4. The smallest absolute Gasteiger partial charge is 0.191 e. The minimum atomic E-state index is -0.335. The van der Waals surface area contributed by atoms with Gasteiger partial charge in [-0.2, -0.15) is 0 Å². The van der Waals surface area contributed by atoms with Crippen LogP contribution in [0.4, 0.5) is 4.39 Å². The second kappa shape index (κ2) is 11.7. The fourth-order valence-corrected chi connectivity index (χ4v) is 3.16. The van der Waals surface area contributed by atoms with E-state index >= 15 is 0 Å². The van der Waals surface area contributed by atoms with Crippen molar-refractivity contribution in [2.24, 2.45) is 4.99 Å². The molecule has 1 aromatic carbocycles. The first-order valence-corrected chi connectivity index (χ1v) is 9.51. The number of benzene rings is 1. The summed E-state index contributed by atoms with van der Waals surface area (Å²) in [6.07, 6.45) is 2.41. The summed E-state index contributed by atoms with van der Waals surface area (Å²) in [5.41, 5.74) is 0.745. The lowest BCUT2D eigenvalue weighted by molar-refractivity contribution is 0.410. The van der Waals surface area contributed by atoms with E-state index in [4.69, 9.17) is 9.15 Å². The first kappa shape index (κ1) is 22.2. The van der Waals surface area contributed by atoms with Gasteiger partial charge in [-0.15, -0.1) is 35.3 Å². The molecule has 2 aromatic heterocycles. The van der Waals surface area contributed by atoms with Crippen molar-refractivity contribution >= 4 is 41.3 Å². The number of nitrogens with zero attached hydrogens (tertiary/aromatic N) is 1. The number of halogens is 2. The molecule has 5 nitrogen and oxygen atoms in total. The Morgan fingerprint density at radius 2 is 2.11 bits per heavy atom. The van der Waals surface area contributed by atoms with Crippen LogP contribution in [0.5, 0.6) is 5.75 Å². The van der Waals surface area contributed by atoms with E-state index in [2.05, 4.69) is 21.7 Å². The van der Waals surface area contributed by atoms with Crippen LogP contribution in [0.2, 0.25) is 0 Å². The Hall–Kier alpha value is -2.07. The largest absolute Gasteiger partial charge is 0.497 e. The summed E-state index contributed by atoms with van der Waals surface area (Å²) in [4.78, 5) is 5.79. The van der Waals surface area contributed by atoms with Crippen LogP contribution in [0.25, 0.3) is 0 Å². The number of hydrogen-bond donors (Lipinski definition) is 2. The van der Waals surface area contributed by atoms with E-state index in [1.807, 2.05) is 23.6 Å². The predicted octanol–water partition coefficient (Wildman–Crippen LogP) is 4.58. The van der Waals surface area contributed by atoms with Gasteiger partial charge in [0.25, 0.3) is 0 Å². The maximum absolute atomic E-state index is 13.7. The van der Waals surface area contributed by atoms with Gasteiger partial charge in [0, 0.05) is 23.9 Å². The van der Waals surface area contributed by atoms with Crippen LogP contribution in [0, 0.1) is 5.82 Å². The highest BCUT2D eigenvalue weighted by molar-refractivity contribution is 14.0.